The van der Waals surface area contributed by atoms with Crippen molar-refractivity contribution in [3.63, 3.8) is 0 Å². The molecule has 0 radical (unpaired) electrons. The molecule has 17 heavy (non-hydrogen) atoms. The van der Waals surface area contributed by atoms with Gasteiger partial charge in [0.1, 0.15) is 0 Å². The van der Waals surface area contributed by atoms with Crippen molar-refractivity contribution in [1.82, 2.24) is 5.32 Å². The van der Waals surface area contributed by atoms with Crippen LogP contribution in [0.2, 0.25) is 0 Å². The van der Waals surface area contributed by atoms with Crippen LogP contribution in [-0.4, -0.2) is 17.8 Å². The molecule has 0 bridgehead atoms. The molecule has 1 N–H and O–H groups in total. The molecule has 1 atom stereocenters. The summed E-state index contributed by atoms with van der Waals surface area (Å²) in [4.78, 5) is 26.2. The van der Waals surface area contributed by atoms with Gasteiger partial charge in [-0.25, -0.2) is 9.79 Å². The number of rotatable bonds is 4. The fraction of sp³-hybridized carbons (Fsp3) is 0.727. The zero-order valence-corrected chi connectivity index (χ0v) is 12.9. The zero-order chi connectivity index (χ0) is 12.3. The molecule has 1 rings (SSSR count). The number of nitrogens with zero attached hydrogens (tertiary/aromatic N) is 1. The summed E-state index contributed by atoms with van der Waals surface area (Å²) < 4.78 is 0. The van der Waals surface area contributed by atoms with Crippen molar-refractivity contribution in [3.05, 3.63) is 0 Å². The van der Waals surface area contributed by atoms with Crippen molar-refractivity contribution >= 4 is 17.8 Å². The van der Waals surface area contributed by atoms with Gasteiger partial charge in [-0.1, -0.05) is 33.6 Å². The Labute approximate surface area is 123 Å². The first-order chi connectivity index (χ1) is 7.52. The maximum Gasteiger partial charge on any atom is 1.00 e. The second-order valence-electron chi connectivity index (χ2n) is 4.01. The van der Waals surface area contributed by atoms with Crippen LogP contribution in [0.25, 0.3) is 0 Å². The average Bonchev–Trinajstić information content (AvgIpc) is 2.23. The molecule has 90 valence electrons. The van der Waals surface area contributed by atoms with E-state index in [4.69, 9.17) is 0 Å². The number of urea groups is 1. The predicted molar refractivity (Wildman–Crippen MR) is 57.8 cm³/mol. The minimum absolute atomic E-state index is 0. The Morgan fingerprint density at radius 3 is 2.18 bits per heavy atom. The molecule has 1 aliphatic heterocycles. The molecule has 0 saturated carbocycles. The molecule has 0 aromatic rings. The van der Waals surface area contributed by atoms with E-state index in [1.807, 2.05) is 13.8 Å². The first kappa shape index (κ1) is 16.6. The summed E-state index contributed by atoms with van der Waals surface area (Å²) in [7, 11) is 0. The first-order valence-electron chi connectivity index (χ1n) is 5.64. The third-order valence-electron chi connectivity index (χ3n) is 3.45. The molecule has 1 aliphatic rings. The number of imide groups is 1. The largest absolute Gasteiger partial charge is 1.00 e. The van der Waals surface area contributed by atoms with Crippen LogP contribution in [0.1, 0.15) is 40.0 Å². The number of hydrogen-bond acceptors (Lipinski definition) is 3. The van der Waals surface area contributed by atoms with Crippen molar-refractivity contribution in [2.45, 2.75) is 40.0 Å². The van der Waals surface area contributed by atoms with Gasteiger partial charge < -0.3 is 5.11 Å². The summed E-state index contributed by atoms with van der Waals surface area (Å²) in [5.74, 6) is -1.15. The predicted octanol–water partition coefficient (Wildman–Crippen LogP) is -2.17. The summed E-state index contributed by atoms with van der Waals surface area (Å²) in [5, 5.41) is 14.0. The number of carbonyl (C=O) groups excluding carboxylic acids is 2. The zero-order valence-electron chi connectivity index (χ0n) is 10.9. The van der Waals surface area contributed by atoms with E-state index < -0.39 is 23.3 Å². The molecule has 1 unspecified atom stereocenters. The van der Waals surface area contributed by atoms with Crippen LogP contribution in [0.15, 0.2) is 4.99 Å². The van der Waals surface area contributed by atoms with Crippen molar-refractivity contribution in [2.75, 3.05) is 0 Å². The summed E-state index contributed by atoms with van der Waals surface area (Å²) in [6.45, 7) is 5.65. The molecule has 0 fully saturated rings. The molecule has 1 heterocycles. The Kier molecular flexibility index (Phi) is 6.37. The molecule has 5 nitrogen and oxygen atoms in total. The van der Waals surface area contributed by atoms with Crippen LogP contribution in [-0.2, 0) is 4.79 Å². The van der Waals surface area contributed by atoms with E-state index in [2.05, 4.69) is 10.3 Å². The van der Waals surface area contributed by atoms with Crippen LogP contribution in [0.3, 0.4) is 0 Å². The van der Waals surface area contributed by atoms with E-state index >= 15 is 0 Å². The molecule has 6 heteroatoms. The Bertz CT molecular complexity index is 340. The van der Waals surface area contributed by atoms with Gasteiger partial charge >= 0.3 is 35.6 Å². The maximum atomic E-state index is 11.9. The van der Waals surface area contributed by atoms with E-state index in [-0.39, 0.29) is 35.5 Å². The summed E-state index contributed by atoms with van der Waals surface area (Å²) in [6.07, 6.45) is 1.81. The summed E-state index contributed by atoms with van der Waals surface area (Å²) >= 11 is 0. The van der Waals surface area contributed by atoms with E-state index in [1.54, 1.807) is 6.92 Å². The van der Waals surface area contributed by atoms with Gasteiger partial charge in [0.25, 0.3) is 0 Å². The van der Waals surface area contributed by atoms with Crippen molar-refractivity contribution < 1.29 is 44.3 Å². The van der Waals surface area contributed by atoms with Gasteiger partial charge in [0.2, 0.25) is 5.91 Å². The standard InChI is InChI=1S/C11H18N2O3.Na/c1-4-7(5-2)11(6-3)8(14)12-10(16)13-9(11)15;/h7H,4-6H2,1-3H3,(H2,12,13,14,15,16);/q;+1/p-1. The van der Waals surface area contributed by atoms with Crippen molar-refractivity contribution in [2.24, 2.45) is 16.3 Å². The minimum Gasteiger partial charge on any atom is -0.861 e. The Balaban J connectivity index is 0.00000256. The second-order valence-corrected chi connectivity index (χ2v) is 4.01. The number of carbonyl (C=O) groups is 2. The first-order valence-corrected chi connectivity index (χ1v) is 5.64. The fourth-order valence-corrected chi connectivity index (χ4v) is 2.47. The number of aliphatic imine (C=N–C) groups is 1. The number of nitrogens with one attached hydrogen (secondary N) is 1. The van der Waals surface area contributed by atoms with Gasteiger partial charge in [-0.15, -0.1) is 0 Å². The van der Waals surface area contributed by atoms with Gasteiger partial charge in [0.05, 0.1) is 5.41 Å². The minimum atomic E-state index is -1.14. The average molecular weight is 248 g/mol. The van der Waals surface area contributed by atoms with Crippen molar-refractivity contribution in [3.8, 4) is 0 Å². The molecule has 0 aromatic heterocycles. The maximum absolute atomic E-state index is 11.9. The van der Waals surface area contributed by atoms with Gasteiger partial charge in [-0.2, -0.15) is 0 Å². The third kappa shape index (κ3) is 2.72. The van der Waals surface area contributed by atoms with E-state index in [0.29, 0.717) is 19.3 Å². The summed E-state index contributed by atoms with van der Waals surface area (Å²) in [5.41, 5.74) is -1.14. The second kappa shape index (κ2) is 6.52. The van der Waals surface area contributed by atoms with Crippen LogP contribution in [0.5, 0.6) is 0 Å². The smallest absolute Gasteiger partial charge is 0.861 e. The van der Waals surface area contributed by atoms with Gasteiger partial charge in [0.15, 0.2) is 0 Å². The molecular formula is C11H17N2NaO3. The molecule has 0 spiro atoms. The Hall–Kier alpha value is -0.390. The topological polar surface area (TPSA) is 81.6 Å². The third-order valence-corrected chi connectivity index (χ3v) is 3.45. The van der Waals surface area contributed by atoms with Crippen molar-refractivity contribution in [1.29, 1.82) is 0 Å². The van der Waals surface area contributed by atoms with Crippen LogP contribution >= 0.6 is 0 Å². The summed E-state index contributed by atoms with van der Waals surface area (Å²) in [6, 6.07) is -0.843. The fourth-order valence-electron chi connectivity index (χ4n) is 2.47. The van der Waals surface area contributed by atoms with E-state index in [9.17, 15) is 14.7 Å². The monoisotopic (exact) mass is 248 g/mol. The van der Waals surface area contributed by atoms with Gasteiger partial charge in [-0.3, -0.25) is 10.1 Å². The van der Waals surface area contributed by atoms with Crippen LogP contribution in [0, 0.1) is 11.3 Å². The number of amides is 3. The molecule has 3 amide bonds. The van der Waals surface area contributed by atoms with E-state index in [0.717, 1.165) is 0 Å². The Morgan fingerprint density at radius 2 is 1.82 bits per heavy atom. The number of hydrogen-bond donors (Lipinski definition) is 1. The quantitative estimate of drug-likeness (QED) is 0.575. The Morgan fingerprint density at radius 1 is 1.29 bits per heavy atom. The molecule has 0 aliphatic carbocycles. The van der Waals surface area contributed by atoms with Gasteiger partial charge in [0, 0.05) is 0 Å². The van der Waals surface area contributed by atoms with Gasteiger partial charge in [-0.05, 0) is 18.2 Å². The van der Waals surface area contributed by atoms with E-state index in [1.165, 1.54) is 0 Å². The van der Waals surface area contributed by atoms with Crippen LogP contribution < -0.4 is 40.0 Å². The van der Waals surface area contributed by atoms with Crippen LogP contribution in [0.4, 0.5) is 4.79 Å². The molecular weight excluding hydrogens is 231 g/mol. The molecule has 0 saturated heterocycles. The molecule has 0 aromatic carbocycles. The normalized spacial score (nSPS) is 24.1. The SMILES string of the molecule is CCC(CC)C1(CC)C(=O)NC(=O)N=C1[O-].[Na+].